The van der Waals surface area contributed by atoms with Crippen molar-refractivity contribution in [2.45, 2.75) is 45.6 Å². The van der Waals surface area contributed by atoms with Crippen LogP contribution in [0.1, 0.15) is 40.0 Å². The molecule has 0 atom stereocenters. The van der Waals surface area contributed by atoms with Crippen LogP contribution >= 0.6 is 0 Å². The van der Waals surface area contributed by atoms with E-state index in [0.717, 1.165) is 25.8 Å². The highest BCUT2D eigenvalue weighted by atomic mass is 16.5. The number of carbonyl (C=O) groups excluding carboxylic acids is 2. The molecule has 4 nitrogen and oxygen atoms in total. The summed E-state index contributed by atoms with van der Waals surface area (Å²) in [5.74, 6) is 0.363. The molecule has 88 valence electrons. The monoisotopic (exact) mass is 215 g/mol. The topological polar surface area (TPSA) is 55.4 Å². The van der Waals surface area contributed by atoms with E-state index in [4.69, 9.17) is 0 Å². The average molecular weight is 215 g/mol. The predicted molar refractivity (Wildman–Crippen MR) is 58.6 cm³/mol. The largest absolute Gasteiger partial charge is 0.462 e. The first kappa shape index (κ1) is 14.1. The van der Waals surface area contributed by atoms with Gasteiger partial charge in [-0.1, -0.05) is 0 Å². The van der Waals surface area contributed by atoms with Crippen molar-refractivity contribution in [1.29, 1.82) is 0 Å². The van der Waals surface area contributed by atoms with Gasteiger partial charge >= 0.3 is 0 Å². The van der Waals surface area contributed by atoms with Gasteiger partial charge in [-0.15, -0.1) is 0 Å². The second-order valence-corrected chi connectivity index (χ2v) is 4.50. The van der Waals surface area contributed by atoms with Crippen LogP contribution in [0.5, 0.6) is 0 Å². The Hall–Kier alpha value is -0.900. The van der Waals surface area contributed by atoms with E-state index in [2.05, 4.69) is 10.1 Å². The van der Waals surface area contributed by atoms with Gasteiger partial charge in [0.25, 0.3) is 6.47 Å². The zero-order chi connectivity index (χ0) is 11.7. The Kier molecular flexibility index (Phi) is 6.96. The van der Waals surface area contributed by atoms with Crippen molar-refractivity contribution in [2.24, 2.45) is 0 Å². The fraction of sp³-hybridized carbons (Fsp3) is 0.818. The Morgan fingerprint density at radius 2 is 2.00 bits per heavy atom. The standard InChI is InChI=1S/C6H11NO.C5H10O2/c8-6-3-1-2-4-7-5-6;1-5(2,3)7-4-6/h7H,1-5H2;4H,1-3H3. The first-order valence-corrected chi connectivity index (χ1v) is 5.29. The summed E-state index contributed by atoms with van der Waals surface area (Å²) in [6, 6.07) is 0. The molecule has 1 aliphatic rings. The van der Waals surface area contributed by atoms with E-state index in [9.17, 15) is 9.59 Å². The summed E-state index contributed by atoms with van der Waals surface area (Å²) < 4.78 is 4.55. The van der Waals surface area contributed by atoms with Gasteiger partial charge in [-0.2, -0.15) is 0 Å². The minimum absolute atomic E-state index is 0.318. The molecule has 1 heterocycles. The highest BCUT2D eigenvalue weighted by molar-refractivity contribution is 5.80. The second-order valence-electron chi connectivity index (χ2n) is 4.50. The maximum absolute atomic E-state index is 10.6. The third-order valence-electron chi connectivity index (χ3n) is 1.78. The molecule has 0 saturated carbocycles. The van der Waals surface area contributed by atoms with Crippen molar-refractivity contribution in [3.8, 4) is 0 Å². The van der Waals surface area contributed by atoms with Crippen LogP contribution in [0.2, 0.25) is 0 Å². The summed E-state index contributed by atoms with van der Waals surface area (Å²) >= 11 is 0. The molecule has 0 radical (unpaired) electrons. The van der Waals surface area contributed by atoms with Gasteiger partial charge in [-0.05, 0) is 40.2 Å². The van der Waals surface area contributed by atoms with Gasteiger partial charge in [0.05, 0.1) is 6.54 Å². The molecule has 0 unspecified atom stereocenters. The predicted octanol–water partition coefficient (Wildman–Crippen LogP) is 1.29. The smallest absolute Gasteiger partial charge is 0.293 e. The molecule has 1 aliphatic heterocycles. The van der Waals surface area contributed by atoms with Crippen LogP contribution in [-0.2, 0) is 14.3 Å². The minimum Gasteiger partial charge on any atom is -0.462 e. The molecule has 1 rings (SSSR count). The lowest BCUT2D eigenvalue weighted by Gasteiger charge is -2.14. The zero-order valence-electron chi connectivity index (χ0n) is 9.84. The quantitative estimate of drug-likeness (QED) is 0.670. The molecular weight excluding hydrogens is 194 g/mol. The summed E-state index contributed by atoms with van der Waals surface area (Å²) in [4.78, 5) is 20.2. The number of rotatable bonds is 1. The van der Waals surface area contributed by atoms with Crippen LogP contribution in [0.15, 0.2) is 0 Å². The van der Waals surface area contributed by atoms with Crippen molar-refractivity contribution >= 4 is 12.3 Å². The average Bonchev–Trinajstić information content (AvgIpc) is 2.31. The van der Waals surface area contributed by atoms with E-state index in [1.165, 1.54) is 0 Å². The Bertz CT molecular complexity index is 186. The van der Waals surface area contributed by atoms with Gasteiger partial charge in [0, 0.05) is 6.42 Å². The molecule has 1 saturated heterocycles. The molecule has 0 bridgehead atoms. The molecule has 0 spiro atoms. The van der Waals surface area contributed by atoms with E-state index in [-0.39, 0.29) is 5.60 Å². The number of ketones is 1. The van der Waals surface area contributed by atoms with Crippen LogP contribution < -0.4 is 5.32 Å². The fourth-order valence-electron chi connectivity index (χ4n) is 1.03. The number of hydrogen-bond donors (Lipinski definition) is 1. The van der Waals surface area contributed by atoms with Gasteiger partial charge in [0.15, 0.2) is 0 Å². The summed E-state index contributed by atoms with van der Waals surface area (Å²) in [6.45, 7) is 7.54. The van der Waals surface area contributed by atoms with Gasteiger partial charge in [-0.25, -0.2) is 0 Å². The highest BCUT2D eigenvalue weighted by Gasteiger charge is 2.07. The molecule has 0 amide bonds. The Labute approximate surface area is 91.4 Å². The fourth-order valence-corrected chi connectivity index (χ4v) is 1.03. The number of Topliss-reactive ketones (excluding diaryl/α,β-unsaturated/α-hetero) is 1. The summed E-state index contributed by atoms with van der Waals surface area (Å²) in [7, 11) is 0. The van der Waals surface area contributed by atoms with E-state index >= 15 is 0 Å². The van der Waals surface area contributed by atoms with Crippen LogP contribution in [0, 0.1) is 0 Å². The first-order valence-electron chi connectivity index (χ1n) is 5.29. The van der Waals surface area contributed by atoms with Crippen molar-refractivity contribution in [1.82, 2.24) is 5.32 Å². The lowest BCUT2D eigenvalue weighted by molar-refractivity contribution is -0.138. The second kappa shape index (κ2) is 7.40. The van der Waals surface area contributed by atoms with Crippen molar-refractivity contribution in [3.63, 3.8) is 0 Å². The summed E-state index contributed by atoms with van der Waals surface area (Å²) in [5.41, 5.74) is -0.318. The van der Waals surface area contributed by atoms with Crippen LogP contribution in [0.3, 0.4) is 0 Å². The molecule has 0 aromatic carbocycles. The molecule has 0 aromatic heterocycles. The maximum Gasteiger partial charge on any atom is 0.293 e. The van der Waals surface area contributed by atoms with Crippen LogP contribution in [0.25, 0.3) is 0 Å². The number of ether oxygens (including phenoxy) is 1. The maximum atomic E-state index is 10.6. The van der Waals surface area contributed by atoms with Crippen molar-refractivity contribution in [3.05, 3.63) is 0 Å². The van der Waals surface area contributed by atoms with Crippen LogP contribution in [-0.4, -0.2) is 30.9 Å². The third kappa shape index (κ3) is 11.0. The zero-order valence-corrected chi connectivity index (χ0v) is 9.84. The SMILES string of the molecule is CC(C)(C)OC=O.O=C1CCCCNC1. The number of nitrogens with one attached hydrogen (secondary N) is 1. The first-order chi connectivity index (χ1) is 6.95. The minimum atomic E-state index is -0.318. The Morgan fingerprint density at radius 3 is 2.47 bits per heavy atom. The van der Waals surface area contributed by atoms with E-state index < -0.39 is 0 Å². The van der Waals surface area contributed by atoms with Crippen LogP contribution in [0.4, 0.5) is 0 Å². The van der Waals surface area contributed by atoms with Gasteiger partial charge in [-0.3, -0.25) is 9.59 Å². The highest BCUT2D eigenvalue weighted by Crippen LogP contribution is 2.02. The van der Waals surface area contributed by atoms with E-state index in [1.807, 2.05) is 20.8 Å². The van der Waals surface area contributed by atoms with Gasteiger partial charge in [0.1, 0.15) is 11.4 Å². The molecule has 4 heteroatoms. The lowest BCUT2D eigenvalue weighted by Crippen LogP contribution is -2.19. The van der Waals surface area contributed by atoms with Gasteiger partial charge in [0.2, 0.25) is 0 Å². The molecular formula is C11H21NO3. The van der Waals surface area contributed by atoms with Crippen molar-refractivity contribution < 1.29 is 14.3 Å². The van der Waals surface area contributed by atoms with E-state index in [0.29, 0.717) is 18.8 Å². The summed E-state index contributed by atoms with van der Waals surface area (Å²) in [5, 5.41) is 3.05. The number of hydrogen-bond acceptors (Lipinski definition) is 4. The normalized spacial score (nSPS) is 17.1. The number of carbonyl (C=O) groups is 2. The lowest BCUT2D eigenvalue weighted by atomic mass is 10.2. The van der Waals surface area contributed by atoms with E-state index in [1.54, 1.807) is 0 Å². The Balaban J connectivity index is 0.000000265. The molecule has 1 fully saturated rings. The molecule has 0 aromatic rings. The van der Waals surface area contributed by atoms with Crippen molar-refractivity contribution in [2.75, 3.05) is 13.1 Å². The molecule has 1 N–H and O–H groups in total. The Morgan fingerprint density at radius 1 is 1.33 bits per heavy atom. The summed E-state index contributed by atoms with van der Waals surface area (Å²) in [6.07, 6.45) is 3.02. The third-order valence-corrected chi connectivity index (χ3v) is 1.78. The molecule has 15 heavy (non-hydrogen) atoms. The van der Waals surface area contributed by atoms with Gasteiger partial charge < -0.3 is 10.1 Å². The molecule has 0 aliphatic carbocycles.